The van der Waals surface area contributed by atoms with Gasteiger partial charge >= 0.3 is 0 Å². The first-order valence-corrected chi connectivity index (χ1v) is 8.10. The molecule has 5 heteroatoms. The summed E-state index contributed by atoms with van der Waals surface area (Å²) in [5.74, 6) is 0.692. The third-order valence-corrected chi connectivity index (χ3v) is 4.19. The number of ether oxygens (including phenoxy) is 2. The van der Waals surface area contributed by atoms with E-state index in [9.17, 15) is 9.90 Å². The van der Waals surface area contributed by atoms with Crippen LogP contribution in [-0.4, -0.2) is 12.2 Å². The number of phenolic OH excluding ortho intramolecular Hbond substituents is 1. The van der Waals surface area contributed by atoms with Gasteiger partial charge in [0.2, 0.25) is 5.43 Å². The van der Waals surface area contributed by atoms with Crippen LogP contribution in [-0.2, 0) is 6.61 Å². The fourth-order valence-corrected chi connectivity index (χ4v) is 2.91. The molecule has 0 saturated heterocycles. The minimum atomic E-state index is -0.313. The first kappa shape index (κ1) is 16.0. The van der Waals surface area contributed by atoms with Crippen molar-refractivity contribution in [1.29, 1.82) is 0 Å². The molecule has 0 saturated carbocycles. The van der Waals surface area contributed by atoms with Crippen molar-refractivity contribution in [1.82, 2.24) is 0 Å². The molecule has 1 heterocycles. The molecule has 5 nitrogen and oxygen atoms in total. The van der Waals surface area contributed by atoms with E-state index in [2.05, 4.69) is 0 Å². The molecule has 0 fully saturated rings. The molecule has 130 valence electrons. The molecule has 0 unspecified atom stereocenters. The number of para-hydroxylation sites is 1. The summed E-state index contributed by atoms with van der Waals surface area (Å²) in [4.78, 5) is 12.8. The summed E-state index contributed by atoms with van der Waals surface area (Å²) < 4.78 is 16.9. The largest absolute Gasteiger partial charge is 0.507 e. The molecule has 0 aliphatic rings. The predicted molar refractivity (Wildman–Crippen MR) is 99.0 cm³/mol. The van der Waals surface area contributed by atoms with Crippen molar-refractivity contribution in [3.05, 3.63) is 76.5 Å². The molecular weight excluding hydrogens is 332 g/mol. The van der Waals surface area contributed by atoms with E-state index in [0.717, 1.165) is 5.56 Å². The number of rotatable bonds is 4. The molecule has 0 aliphatic heterocycles. The van der Waals surface area contributed by atoms with Gasteiger partial charge in [0.1, 0.15) is 29.1 Å². The average Bonchev–Trinajstić information content (AvgIpc) is 2.66. The van der Waals surface area contributed by atoms with Crippen LogP contribution in [0.15, 0.2) is 69.9 Å². The number of hydrogen-bond acceptors (Lipinski definition) is 5. The summed E-state index contributed by atoms with van der Waals surface area (Å²) in [7, 11) is 1.51. The SMILES string of the molecule is COc1cccc2c(=O)c3c(O)cc(OCc4ccccc4)cc3oc12. The first-order chi connectivity index (χ1) is 12.7. The Kier molecular flexibility index (Phi) is 3.97. The lowest BCUT2D eigenvalue weighted by Crippen LogP contribution is -2.04. The number of phenols is 1. The molecule has 0 aliphatic carbocycles. The highest BCUT2D eigenvalue weighted by Gasteiger charge is 2.16. The summed E-state index contributed by atoms with van der Waals surface area (Å²) in [6.45, 7) is 0.340. The van der Waals surface area contributed by atoms with Crippen molar-refractivity contribution in [2.75, 3.05) is 7.11 Å². The van der Waals surface area contributed by atoms with Gasteiger partial charge in [-0.2, -0.15) is 0 Å². The zero-order valence-electron chi connectivity index (χ0n) is 14.1. The Morgan fingerprint density at radius 1 is 1.04 bits per heavy atom. The van der Waals surface area contributed by atoms with Crippen LogP contribution in [0, 0.1) is 0 Å². The second-order valence-corrected chi connectivity index (χ2v) is 5.86. The molecule has 0 bridgehead atoms. The van der Waals surface area contributed by atoms with E-state index in [1.165, 1.54) is 13.2 Å². The van der Waals surface area contributed by atoms with Gasteiger partial charge in [-0.15, -0.1) is 0 Å². The summed E-state index contributed by atoms with van der Waals surface area (Å²) in [5, 5.41) is 10.8. The van der Waals surface area contributed by atoms with Crippen molar-refractivity contribution < 1.29 is 19.0 Å². The predicted octanol–water partition coefficient (Wildman–Crippen LogP) is 4.24. The summed E-state index contributed by atoms with van der Waals surface area (Å²) >= 11 is 0. The lowest BCUT2D eigenvalue weighted by atomic mass is 10.1. The maximum absolute atomic E-state index is 12.8. The van der Waals surface area contributed by atoms with Crippen LogP contribution in [0.1, 0.15) is 5.56 Å². The van der Waals surface area contributed by atoms with Crippen LogP contribution in [0.25, 0.3) is 21.9 Å². The van der Waals surface area contributed by atoms with E-state index in [1.54, 1.807) is 24.3 Å². The van der Waals surface area contributed by atoms with Crippen molar-refractivity contribution in [3.63, 3.8) is 0 Å². The maximum atomic E-state index is 12.8. The molecule has 1 N–H and O–H groups in total. The number of hydrogen-bond donors (Lipinski definition) is 1. The van der Waals surface area contributed by atoms with E-state index >= 15 is 0 Å². The molecule has 4 rings (SSSR count). The minimum absolute atomic E-state index is 0.123. The Hall–Kier alpha value is -3.47. The fourth-order valence-electron chi connectivity index (χ4n) is 2.91. The highest BCUT2D eigenvalue weighted by Crippen LogP contribution is 2.33. The molecule has 0 spiro atoms. The molecule has 1 aromatic heterocycles. The molecule has 0 atom stereocenters. The van der Waals surface area contributed by atoms with E-state index in [1.807, 2.05) is 30.3 Å². The lowest BCUT2D eigenvalue weighted by molar-refractivity contribution is 0.304. The van der Waals surface area contributed by atoms with Gasteiger partial charge in [-0.1, -0.05) is 36.4 Å². The smallest absolute Gasteiger partial charge is 0.204 e. The molecule has 4 aromatic rings. The Balaban J connectivity index is 1.83. The van der Waals surface area contributed by atoms with Gasteiger partial charge in [-0.3, -0.25) is 4.79 Å². The summed E-state index contributed by atoms with van der Waals surface area (Å²) in [5.41, 5.74) is 1.27. The third kappa shape index (κ3) is 2.73. The second kappa shape index (κ2) is 6.44. The quantitative estimate of drug-likeness (QED) is 0.559. The Morgan fingerprint density at radius 2 is 1.85 bits per heavy atom. The number of methoxy groups -OCH3 is 1. The van der Waals surface area contributed by atoms with Crippen molar-refractivity contribution in [2.45, 2.75) is 6.61 Å². The van der Waals surface area contributed by atoms with E-state index in [4.69, 9.17) is 13.9 Å². The lowest BCUT2D eigenvalue weighted by Gasteiger charge is -2.10. The van der Waals surface area contributed by atoms with Crippen molar-refractivity contribution >= 4 is 21.9 Å². The van der Waals surface area contributed by atoms with E-state index < -0.39 is 0 Å². The molecular formula is C21H16O5. The van der Waals surface area contributed by atoms with Crippen LogP contribution in [0.2, 0.25) is 0 Å². The molecule has 3 aromatic carbocycles. The zero-order chi connectivity index (χ0) is 18.1. The van der Waals surface area contributed by atoms with E-state index in [0.29, 0.717) is 29.1 Å². The second-order valence-electron chi connectivity index (χ2n) is 5.86. The van der Waals surface area contributed by atoms with Gasteiger partial charge in [-0.25, -0.2) is 0 Å². The monoisotopic (exact) mass is 348 g/mol. The third-order valence-electron chi connectivity index (χ3n) is 4.19. The van der Waals surface area contributed by atoms with Gasteiger partial charge in [0.05, 0.1) is 12.5 Å². The molecule has 0 amide bonds. The van der Waals surface area contributed by atoms with Crippen LogP contribution < -0.4 is 14.9 Å². The van der Waals surface area contributed by atoms with Crippen molar-refractivity contribution in [3.8, 4) is 17.2 Å². The minimum Gasteiger partial charge on any atom is -0.507 e. The first-order valence-electron chi connectivity index (χ1n) is 8.10. The fraction of sp³-hybridized carbons (Fsp3) is 0.0952. The van der Waals surface area contributed by atoms with E-state index in [-0.39, 0.29) is 22.1 Å². The highest BCUT2D eigenvalue weighted by molar-refractivity contribution is 5.95. The Bertz CT molecular complexity index is 1150. The molecule has 26 heavy (non-hydrogen) atoms. The average molecular weight is 348 g/mol. The highest BCUT2D eigenvalue weighted by atomic mass is 16.5. The van der Waals surface area contributed by atoms with Gasteiger partial charge in [0.15, 0.2) is 11.3 Å². The standard InChI is InChI=1S/C21H16O5/c1-24-17-9-5-8-15-20(23)19-16(22)10-14(11-18(19)26-21(15)17)25-12-13-6-3-2-4-7-13/h2-11,22H,12H2,1H3. The normalized spacial score (nSPS) is 11.0. The zero-order valence-corrected chi connectivity index (χ0v) is 14.1. The van der Waals surface area contributed by atoms with Gasteiger partial charge < -0.3 is 19.0 Å². The number of aromatic hydroxyl groups is 1. The molecule has 0 radical (unpaired) electrons. The topological polar surface area (TPSA) is 68.9 Å². The number of fused-ring (bicyclic) bond motifs is 2. The Morgan fingerprint density at radius 3 is 2.62 bits per heavy atom. The van der Waals surface area contributed by atoms with Crippen LogP contribution in [0.4, 0.5) is 0 Å². The summed E-state index contributed by atoms with van der Waals surface area (Å²) in [6, 6.07) is 17.8. The Labute approximate surface area is 149 Å². The number of benzene rings is 3. The van der Waals surface area contributed by atoms with Gasteiger partial charge in [0.25, 0.3) is 0 Å². The summed E-state index contributed by atoms with van der Waals surface area (Å²) in [6.07, 6.45) is 0. The van der Waals surface area contributed by atoms with Crippen LogP contribution in [0.3, 0.4) is 0 Å². The van der Waals surface area contributed by atoms with Crippen molar-refractivity contribution in [2.24, 2.45) is 0 Å². The van der Waals surface area contributed by atoms with Crippen LogP contribution >= 0.6 is 0 Å². The van der Waals surface area contributed by atoms with Gasteiger partial charge in [0, 0.05) is 12.1 Å². The van der Waals surface area contributed by atoms with Gasteiger partial charge in [-0.05, 0) is 17.7 Å². The maximum Gasteiger partial charge on any atom is 0.204 e. The van der Waals surface area contributed by atoms with Crippen LogP contribution in [0.5, 0.6) is 17.2 Å².